The van der Waals surface area contributed by atoms with Gasteiger partial charge >= 0.3 is 0 Å². The fraction of sp³-hybridized carbons (Fsp3) is 0.579. The van der Waals surface area contributed by atoms with Crippen LogP contribution < -0.4 is 20.7 Å². The number of amides is 1. The number of rotatable bonds is 9. The number of carbonyl (C=O) groups excluding carboxylic acids is 1. The summed E-state index contributed by atoms with van der Waals surface area (Å²) in [6.07, 6.45) is 2.05. The summed E-state index contributed by atoms with van der Waals surface area (Å²) in [6, 6.07) is 6.14. The number of halogens is 1. The normalized spacial score (nSPS) is 13.6. The van der Waals surface area contributed by atoms with Crippen molar-refractivity contribution in [3.8, 4) is 5.75 Å². The minimum atomic E-state index is 0. The molecule has 0 unspecified atom stereocenters. The predicted octanol–water partition coefficient (Wildman–Crippen LogP) is 2.38. The first-order valence-electron chi connectivity index (χ1n) is 9.10. The van der Waals surface area contributed by atoms with E-state index in [4.69, 9.17) is 4.74 Å². The van der Waals surface area contributed by atoms with Crippen LogP contribution in [-0.4, -0.2) is 44.7 Å². The maximum Gasteiger partial charge on any atom is 0.223 e. The molecule has 6 nitrogen and oxygen atoms in total. The number of nitrogens with one attached hydrogen (secondary N) is 3. The Labute approximate surface area is 173 Å². The molecule has 1 saturated carbocycles. The van der Waals surface area contributed by atoms with Crippen molar-refractivity contribution in [2.24, 2.45) is 10.9 Å². The average Bonchev–Trinajstić information content (AvgIpc) is 3.42. The lowest BCUT2D eigenvalue weighted by molar-refractivity contribution is -0.122. The summed E-state index contributed by atoms with van der Waals surface area (Å²) in [5, 5.41) is 9.37. The van der Waals surface area contributed by atoms with Gasteiger partial charge in [-0.2, -0.15) is 0 Å². The third-order valence-corrected chi connectivity index (χ3v) is 4.02. The van der Waals surface area contributed by atoms with Gasteiger partial charge in [0.25, 0.3) is 0 Å². The Kier molecular flexibility index (Phi) is 10.4. The quantitative estimate of drug-likeness (QED) is 0.223. The zero-order valence-corrected chi connectivity index (χ0v) is 18.3. The Bertz CT molecular complexity index is 583. The molecule has 7 heteroatoms. The van der Waals surface area contributed by atoms with Gasteiger partial charge in [0.2, 0.25) is 5.91 Å². The fourth-order valence-electron chi connectivity index (χ4n) is 2.53. The molecule has 1 aromatic rings. The minimum Gasteiger partial charge on any atom is -0.491 e. The molecule has 1 aliphatic rings. The summed E-state index contributed by atoms with van der Waals surface area (Å²) in [5.74, 6) is 2.11. The van der Waals surface area contributed by atoms with E-state index in [-0.39, 0.29) is 35.8 Å². The lowest BCUT2D eigenvalue weighted by Crippen LogP contribution is -2.40. The van der Waals surface area contributed by atoms with Crippen molar-refractivity contribution < 1.29 is 9.53 Å². The number of aliphatic imine (C=N–C) groups is 1. The summed E-state index contributed by atoms with van der Waals surface area (Å²) in [5.41, 5.74) is 2.29. The molecule has 0 radical (unpaired) electrons. The van der Waals surface area contributed by atoms with Gasteiger partial charge in [-0.1, -0.05) is 18.2 Å². The van der Waals surface area contributed by atoms with Gasteiger partial charge in [-0.05, 0) is 44.7 Å². The van der Waals surface area contributed by atoms with Crippen LogP contribution in [0.25, 0.3) is 0 Å². The number of aryl methyl sites for hydroxylation is 2. The highest BCUT2D eigenvalue weighted by molar-refractivity contribution is 14.0. The minimum absolute atomic E-state index is 0. The second kappa shape index (κ2) is 12.0. The van der Waals surface area contributed by atoms with E-state index < -0.39 is 0 Å². The van der Waals surface area contributed by atoms with Crippen molar-refractivity contribution in [2.45, 2.75) is 33.6 Å². The Morgan fingerprint density at radius 2 is 1.85 bits per heavy atom. The topological polar surface area (TPSA) is 74.8 Å². The monoisotopic (exact) mass is 474 g/mol. The molecule has 0 aliphatic heterocycles. The predicted molar refractivity (Wildman–Crippen MR) is 117 cm³/mol. The molecule has 0 heterocycles. The molecule has 0 saturated heterocycles. The molecule has 146 valence electrons. The molecule has 1 aromatic carbocycles. The summed E-state index contributed by atoms with van der Waals surface area (Å²) in [4.78, 5) is 16.0. The fourth-order valence-corrected chi connectivity index (χ4v) is 2.53. The number of para-hydroxylation sites is 1. The van der Waals surface area contributed by atoms with Crippen molar-refractivity contribution in [3.05, 3.63) is 29.3 Å². The van der Waals surface area contributed by atoms with Gasteiger partial charge in [0.1, 0.15) is 12.4 Å². The van der Waals surface area contributed by atoms with E-state index in [1.807, 2.05) is 13.0 Å². The summed E-state index contributed by atoms with van der Waals surface area (Å²) in [6.45, 7) is 9.28. The number of hydrogen-bond acceptors (Lipinski definition) is 3. The zero-order valence-electron chi connectivity index (χ0n) is 15.9. The van der Waals surface area contributed by atoms with E-state index in [2.05, 4.69) is 46.9 Å². The average molecular weight is 474 g/mol. The first-order valence-corrected chi connectivity index (χ1v) is 9.10. The highest BCUT2D eigenvalue weighted by atomic mass is 127. The summed E-state index contributed by atoms with van der Waals surface area (Å²) < 4.78 is 5.88. The second-order valence-corrected chi connectivity index (χ2v) is 6.32. The Hall–Kier alpha value is -1.51. The lowest BCUT2D eigenvalue weighted by Gasteiger charge is -2.14. The van der Waals surface area contributed by atoms with E-state index in [0.717, 1.165) is 42.2 Å². The van der Waals surface area contributed by atoms with Gasteiger partial charge in [-0.25, -0.2) is 0 Å². The highest BCUT2D eigenvalue weighted by Crippen LogP contribution is 2.28. The molecule has 26 heavy (non-hydrogen) atoms. The standard InChI is InChI=1S/C19H30N4O2.HI/c1-4-20-19(22-11-10-21-18(24)16-8-9-16)23-12-13-25-17-14(2)6-5-7-15(17)3;/h5-7,16H,4,8-13H2,1-3H3,(H,21,24)(H2,20,22,23);1H. The maximum absolute atomic E-state index is 11.6. The van der Waals surface area contributed by atoms with Crippen LogP contribution in [0.15, 0.2) is 23.2 Å². The summed E-state index contributed by atoms with van der Waals surface area (Å²) >= 11 is 0. The Morgan fingerprint density at radius 1 is 1.15 bits per heavy atom. The van der Waals surface area contributed by atoms with E-state index >= 15 is 0 Å². The van der Waals surface area contributed by atoms with Crippen LogP contribution in [-0.2, 0) is 4.79 Å². The van der Waals surface area contributed by atoms with E-state index in [1.54, 1.807) is 0 Å². The third kappa shape index (κ3) is 7.80. The van der Waals surface area contributed by atoms with Gasteiger partial charge in [-0.15, -0.1) is 24.0 Å². The van der Waals surface area contributed by atoms with E-state index in [9.17, 15) is 4.79 Å². The van der Waals surface area contributed by atoms with Crippen molar-refractivity contribution in [2.75, 3.05) is 32.8 Å². The lowest BCUT2D eigenvalue weighted by atomic mass is 10.1. The third-order valence-electron chi connectivity index (χ3n) is 4.02. The Morgan fingerprint density at radius 3 is 2.46 bits per heavy atom. The molecule has 0 aromatic heterocycles. The van der Waals surface area contributed by atoms with Crippen LogP contribution in [0.1, 0.15) is 30.9 Å². The zero-order chi connectivity index (χ0) is 18.1. The van der Waals surface area contributed by atoms with Gasteiger partial charge in [0.15, 0.2) is 5.96 Å². The van der Waals surface area contributed by atoms with Gasteiger partial charge < -0.3 is 20.7 Å². The molecule has 0 atom stereocenters. The van der Waals surface area contributed by atoms with Gasteiger partial charge in [-0.3, -0.25) is 9.79 Å². The van der Waals surface area contributed by atoms with Crippen molar-refractivity contribution >= 4 is 35.8 Å². The van der Waals surface area contributed by atoms with Gasteiger partial charge in [0, 0.05) is 19.0 Å². The van der Waals surface area contributed by atoms with Crippen LogP contribution in [0.3, 0.4) is 0 Å². The first-order chi connectivity index (χ1) is 12.1. The number of hydrogen-bond donors (Lipinski definition) is 3. The number of ether oxygens (including phenoxy) is 1. The van der Waals surface area contributed by atoms with Crippen LogP contribution in [0.4, 0.5) is 0 Å². The van der Waals surface area contributed by atoms with Gasteiger partial charge in [0.05, 0.1) is 13.1 Å². The number of carbonyl (C=O) groups is 1. The van der Waals surface area contributed by atoms with Crippen molar-refractivity contribution in [1.29, 1.82) is 0 Å². The molecule has 0 bridgehead atoms. The van der Waals surface area contributed by atoms with E-state index in [1.165, 1.54) is 0 Å². The molecule has 2 rings (SSSR count). The Balaban J connectivity index is 0.00000338. The first kappa shape index (κ1) is 22.5. The van der Waals surface area contributed by atoms with Crippen LogP contribution in [0.2, 0.25) is 0 Å². The summed E-state index contributed by atoms with van der Waals surface area (Å²) in [7, 11) is 0. The SMILES string of the molecule is CCNC(=NCCNC(=O)C1CC1)NCCOc1c(C)cccc1C.I. The number of benzene rings is 1. The van der Waals surface area contributed by atoms with E-state index in [0.29, 0.717) is 26.2 Å². The highest BCUT2D eigenvalue weighted by Gasteiger charge is 2.28. The molecular weight excluding hydrogens is 443 g/mol. The largest absolute Gasteiger partial charge is 0.491 e. The second-order valence-electron chi connectivity index (χ2n) is 6.32. The van der Waals surface area contributed by atoms with Crippen LogP contribution >= 0.6 is 24.0 Å². The molecule has 0 spiro atoms. The van der Waals surface area contributed by atoms with Crippen LogP contribution in [0.5, 0.6) is 5.75 Å². The molecule has 1 amide bonds. The number of nitrogens with zero attached hydrogens (tertiary/aromatic N) is 1. The molecular formula is C19H31IN4O2. The number of guanidine groups is 1. The molecule has 1 aliphatic carbocycles. The maximum atomic E-state index is 11.6. The molecule has 3 N–H and O–H groups in total. The van der Waals surface area contributed by atoms with Crippen molar-refractivity contribution in [1.82, 2.24) is 16.0 Å². The van der Waals surface area contributed by atoms with Crippen molar-refractivity contribution in [3.63, 3.8) is 0 Å². The smallest absolute Gasteiger partial charge is 0.223 e. The van der Waals surface area contributed by atoms with Crippen LogP contribution in [0, 0.1) is 19.8 Å². The molecule has 1 fully saturated rings.